The molecule has 2 heterocycles. The van der Waals surface area contributed by atoms with Crippen molar-refractivity contribution in [3.8, 4) is 0 Å². The van der Waals surface area contributed by atoms with E-state index >= 15 is 0 Å². The van der Waals surface area contributed by atoms with Gasteiger partial charge in [-0.3, -0.25) is 0 Å². The molecule has 2 fully saturated rings. The molecule has 0 radical (unpaired) electrons. The number of hydrogen-bond acceptors (Lipinski definition) is 2. The van der Waals surface area contributed by atoms with Crippen molar-refractivity contribution in [3.63, 3.8) is 0 Å². The topological polar surface area (TPSA) is 18.5 Å². The summed E-state index contributed by atoms with van der Waals surface area (Å²) in [6.45, 7) is 4.00. The van der Waals surface area contributed by atoms with Gasteiger partial charge in [0.05, 0.1) is 0 Å². The molecule has 0 N–H and O–H groups in total. The fraction of sp³-hybridized carbons (Fsp3) is 1.00. The molecule has 88 valence electrons. The Bertz CT molecular complexity index is 64.4. The van der Waals surface area contributed by atoms with Crippen LogP contribution in [0.5, 0.6) is 0 Å². The Balaban J connectivity index is -0.000000160. The quantitative estimate of drug-likeness (QED) is 0.417. The van der Waals surface area contributed by atoms with Gasteiger partial charge >= 0.3 is 23.1 Å². The van der Waals surface area contributed by atoms with E-state index in [1.54, 1.807) is 0 Å². The van der Waals surface area contributed by atoms with Crippen LogP contribution in [0.1, 0.15) is 38.5 Å². The van der Waals surface area contributed by atoms with Gasteiger partial charge in [0.15, 0.2) is 0 Å². The van der Waals surface area contributed by atoms with E-state index in [0.717, 1.165) is 26.4 Å². The number of rotatable bonds is 0. The number of halogens is 2. The van der Waals surface area contributed by atoms with E-state index in [-0.39, 0.29) is 47.9 Å². The fourth-order valence-corrected chi connectivity index (χ4v) is 1.37. The summed E-state index contributed by atoms with van der Waals surface area (Å²) in [5, 5.41) is 0. The predicted molar refractivity (Wildman–Crippen MR) is 55.1 cm³/mol. The molecule has 0 bridgehead atoms. The average molecular weight is 267 g/mol. The van der Waals surface area contributed by atoms with Crippen molar-refractivity contribution in [2.45, 2.75) is 38.5 Å². The molecule has 5 heteroatoms. The summed E-state index contributed by atoms with van der Waals surface area (Å²) in [7, 11) is 0. The Morgan fingerprint density at radius 2 is 0.733 bits per heavy atom. The van der Waals surface area contributed by atoms with Crippen LogP contribution in [0.4, 0.5) is 0 Å². The van der Waals surface area contributed by atoms with E-state index in [1.807, 2.05) is 0 Å². The van der Waals surface area contributed by atoms with Crippen LogP contribution in [-0.4, -0.2) is 49.5 Å². The first-order chi connectivity index (χ1) is 6.00. The molecule has 2 nitrogen and oxygen atoms in total. The third kappa shape index (κ3) is 15.3. The number of ether oxygens (including phenoxy) is 2. The van der Waals surface area contributed by atoms with Crippen molar-refractivity contribution in [1.82, 2.24) is 0 Å². The average Bonchev–Trinajstić information content (AvgIpc) is 2.24. The van der Waals surface area contributed by atoms with E-state index in [4.69, 9.17) is 9.47 Å². The summed E-state index contributed by atoms with van der Waals surface area (Å²) in [4.78, 5) is 0. The van der Waals surface area contributed by atoms with Crippen LogP contribution in [0.15, 0.2) is 0 Å². The standard InChI is InChI=1S/2C5H10O.2ClH.Mg/c2*1-2-4-6-5-3-1;;;/h2*1-5H2;2*1H;/q;;;;+2/p-2. The second-order valence-electron chi connectivity index (χ2n) is 3.35. The molecule has 0 aromatic heterocycles. The molecule has 2 aliphatic rings. The van der Waals surface area contributed by atoms with Gasteiger partial charge in [0.2, 0.25) is 0 Å². The fourth-order valence-electron chi connectivity index (χ4n) is 1.37. The van der Waals surface area contributed by atoms with Gasteiger partial charge in [0, 0.05) is 26.4 Å². The predicted octanol–water partition coefficient (Wildman–Crippen LogP) is -4.00. The van der Waals surface area contributed by atoms with Gasteiger partial charge in [0.1, 0.15) is 0 Å². The molecular formula is C10H20Cl2MgO2. The van der Waals surface area contributed by atoms with E-state index in [1.165, 1.54) is 38.5 Å². The zero-order valence-electron chi connectivity index (χ0n) is 9.35. The molecule has 0 spiro atoms. The van der Waals surface area contributed by atoms with Crippen LogP contribution in [0.2, 0.25) is 0 Å². The molecule has 2 saturated heterocycles. The zero-order valence-corrected chi connectivity index (χ0v) is 12.3. The molecule has 0 atom stereocenters. The summed E-state index contributed by atoms with van der Waals surface area (Å²) in [5.41, 5.74) is 0. The van der Waals surface area contributed by atoms with Crippen LogP contribution < -0.4 is 24.8 Å². The minimum atomic E-state index is 0. The maximum Gasteiger partial charge on any atom is 2.00 e. The van der Waals surface area contributed by atoms with E-state index in [9.17, 15) is 0 Å². The normalized spacial score (nSPS) is 19.2. The third-order valence-corrected chi connectivity index (χ3v) is 2.15. The Morgan fingerprint density at radius 1 is 0.467 bits per heavy atom. The van der Waals surface area contributed by atoms with E-state index < -0.39 is 0 Å². The number of hydrogen-bond donors (Lipinski definition) is 0. The maximum atomic E-state index is 5.07. The summed E-state index contributed by atoms with van der Waals surface area (Å²) in [6, 6.07) is 0. The van der Waals surface area contributed by atoms with Crippen LogP contribution >= 0.6 is 0 Å². The van der Waals surface area contributed by atoms with Crippen molar-refractivity contribution >= 4 is 23.1 Å². The molecule has 0 saturated carbocycles. The maximum absolute atomic E-state index is 5.07. The Labute approximate surface area is 122 Å². The molecule has 15 heavy (non-hydrogen) atoms. The first-order valence-corrected chi connectivity index (χ1v) is 5.15. The van der Waals surface area contributed by atoms with E-state index in [2.05, 4.69) is 0 Å². The summed E-state index contributed by atoms with van der Waals surface area (Å²) >= 11 is 0. The SMILES string of the molecule is C1CCOCC1.C1CCOCC1.[Cl-].[Cl-].[Mg+2]. The smallest absolute Gasteiger partial charge is 1.00 e. The molecular weight excluding hydrogens is 247 g/mol. The van der Waals surface area contributed by atoms with Crippen molar-refractivity contribution in [1.29, 1.82) is 0 Å². The zero-order chi connectivity index (χ0) is 8.49. The van der Waals surface area contributed by atoms with Crippen molar-refractivity contribution in [2.24, 2.45) is 0 Å². The first kappa shape index (κ1) is 21.5. The van der Waals surface area contributed by atoms with Crippen molar-refractivity contribution < 1.29 is 34.3 Å². The van der Waals surface area contributed by atoms with Crippen LogP contribution in [0, 0.1) is 0 Å². The van der Waals surface area contributed by atoms with Crippen molar-refractivity contribution in [2.75, 3.05) is 26.4 Å². The van der Waals surface area contributed by atoms with Gasteiger partial charge in [-0.1, -0.05) is 0 Å². The van der Waals surface area contributed by atoms with Gasteiger partial charge in [-0.05, 0) is 38.5 Å². The minimum absolute atomic E-state index is 0. The molecule has 0 aromatic rings. The van der Waals surface area contributed by atoms with Gasteiger partial charge in [0.25, 0.3) is 0 Å². The monoisotopic (exact) mass is 266 g/mol. The first-order valence-electron chi connectivity index (χ1n) is 5.15. The Kier molecular flexibility index (Phi) is 25.4. The second kappa shape index (κ2) is 17.7. The molecule has 0 aromatic carbocycles. The van der Waals surface area contributed by atoms with Crippen LogP contribution in [-0.2, 0) is 9.47 Å². The minimum Gasteiger partial charge on any atom is -1.00 e. The summed E-state index contributed by atoms with van der Waals surface area (Å²) < 4.78 is 10.1. The summed E-state index contributed by atoms with van der Waals surface area (Å²) in [5.74, 6) is 0. The molecule has 2 aliphatic heterocycles. The van der Waals surface area contributed by atoms with Crippen LogP contribution in [0.3, 0.4) is 0 Å². The summed E-state index contributed by atoms with van der Waals surface area (Å²) in [6.07, 6.45) is 7.86. The van der Waals surface area contributed by atoms with Gasteiger partial charge < -0.3 is 34.3 Å². The van der Waals surface area contributed by atoms with Crippen molar-refractivity contribution in [3.05, 3.63) is 0 Å². The molecule has 0 aliphatic carbocycles. The van der Waals surface area contributed by atoms with Gasteiger partial charge in [-0.2, -0.15) is 0 Å². The largest absolute Gasteiger partial charge is 2.00 e. The second-order valence-corrected chi connectivity index (χ2v) is 3.35. The van der Waals surface area contributed by atoms with Gasteiger partial charge in [-0.15, -0.1) is 0 Å². The molecule has 0 amide bonds. The third-order valence-electron chi connectivity index (χ3n) is 2.15. The molecule has 2 rings (SSSR count). The van der Waals surface area contributed by atoms with Gasteiger partial charge in [-0.25, -0.2) is 0 Å². The van der Waals surface area contributed by atoms with Crippen LogP contribution in [0.25, 0.3) is 0 Å². The molecule has 0 unspecified atom stereocenters. The van der Waals surface area contributed by atoms with E-state index in [0.29, 0.717) is 0 Å². The Morgan fingerprint density at radius 3 is 0.800 bits per heavy atom. The Hall–Kier alpha value is 1.27.